The van der Waals surface area contributed by atoms with E-state index < -0.39 is 0 Å². The van der Waals surface area contributed by atoms with Crippen molar-refractivity contribution in [2.24, 2.45) is 5.92 Å². The van der Waals surface area contributed by atoms with Gasteiger partial charge in [-0.3, -0.25) is 9.59 Å². The van der Waals surface area contributed by atoms with Crippen molar-refractivity contribution in [3.05, 3.63) is 69.8 Å². The van der Waals surface area contributed by atoms with Gasteiger partial charge in [0.25, 0.3) is 11.5 Å². The van der Waals surface area contributed by atoms with E-state index in [0.29, 0.717) is 16.9 Å². The number of nitrogens with zero attached hydrogens (tertiary/aromatic N) is 1. The molecular formula is C21H23N3O2. The number of piperidine rings is 1. The van der Waals surface area contributed by atoms with Crippen LogP contribution in [0.4, 0.5) is 0 Å². The molecule has 26 heavy (non-hydrogen) atoms. The number of rotatable bonds is 3. The average molecular weight is 349 g/mol. The molecule has 1 aromatic carbocycles. The molecule has 3 heterocycles. The largest absolute Gasteiger partial charge is 0.360 e. The summed E-state index contributed by atoms with van der Waals surface area (Å²) in [6, 6.07) is 10.5. The number of likely N-dealkylation sites (tertiary alicyclic amines) is 1. The quantitative estimate of drug-likeness (QED) is 0.762. The highest BCUT2D eigenvalue weighted by atomic mass is 16.2. The second-order valence-corrected chi connectivity index (χ2v) is 7.18. The Morgan fingerprint density at radius 1 is 1.12 bits per heavy atom. The van der Waals surface area contributed by atoms with Gasteiger partial charge in [-0.2, -0.15) is 0 Å². The fraction of sp³-hybridized carbons (Fsp3) is 0.333. The number of amides is 1. The van der Waals surface area contributed by atoms with Gasteiger partial charge in [-0.25, -0.2) is 0 Å². The van der Waals surface area contributed by atoms with Crippen molar-refractivity contribution in [2.75, 3.05) is 13.1 Å². The minimum Gasteiger partial charge on any atom is -0.360 e. The lowest BCUT2D eigenvalue weighted by Gasteiger charge is -2.32. The highest BCUT2D eigenvalue weighted by Crippen LogP contribution is 2.24. The molecule has 1 amide bonds. The first-order valence-electron chi connectivity index (χ1n) is 9.16. The van der Waals surface area contributed by atoms with E-state index in [1.165, 1.54) is 5.56 Å². The molecule has 134 valence electrons. The van der Waals surface area contributed by atoms with Crippen molar-refractivity contribution in [3.8, 4) is 0 Å². The molecule has 0 radical (unpaired) electrons. The first-order chi connectivity index (χ1) is 12.6. The number of aromatic amines is 2. The molecule has 5 nitrogen and oxygen atoms in total. The molecule has 4 rings (SSSR count). The number of carbonyl (C=O) groups excluding carboxylic acids is 1. The average Bonchev–Trinajstić information content (AvgIpc) is 3.12. The molecule has 2 N–H and O–H groups in total. The second-order valence-electron chi connectivity index (χ2n) is 7.18. The van der Waals surface area contributed by atoms with Gasteiger partial charge in [0.2, 0.25) is 0 Å². The third kappa shape index (κ3) is 3.05. The number of H-pyrrole nitrogens is 2. The maximum Gasteiger partial charge on any atom is 0.258 e. The Labute approximate surface area is 152 Å². The monoisotopic (exact) mass is 349 g/mol. The Morgan fingerprint density at radius 2 is 1.85 bits per heavy atom. The minimum absolute atomic E-state index is 0.0505. The third-order valence-corrected chi connectivity index (χ3v) is 5.42. The first-order valence-corrected chi connectivity index (χ1v) is 9.16. The number of pyridine rings is 1. The molecular weight excluding hydrogens is 326 g/mol. The first kappa shape index (κ1) is 16.6. The van der Waals surface area contributed by atoms with Gasteiger partial charge in [0, 0.05) is 25.5 Å². The Balaban J connectivity index is 1.48. The van der Waals surface area contributed by atoms with Crippen LogP contribution in [-0.2, 0) is 6.42 Å². The molecule has 0 unspecified atom stereocenters. The number of nitrogens with one attached hydrogen (secondary N) is 2. The summed E-state index contributed by atoms with van der Waals surface area (Å²) >= 11 is 0. The lowest BCUT2D eigenvalue weighted by Crippen LogP contribution is -2.39. The number of benzene rings is 1. The lowest BCUT2D eigenvalue weighted by atomic mass is 9.90. The van der Waals surface area contributed by atoms with Gasteiger partial charge in [-0.1, -0.05) is 30.3 Å². The fourth-order valence-electron chi connectivity index (χ4n) is 3.91. The normalized spacial score (nSPS) is 15.5. The predicted molar refractivity (Wildman–Crippen MR) is 102 cm³/mol. The summed E-state index contributed by atoms with van der Waals surface area (Å²) in [6.07, 6.45) is 6.40. The highest BCUT2D eigenvalue weighted by Gasteiger charge is 2.26. The number of carbonyl (C=O) groups is 1. The van der Waals surface area contributed by atoms with E-state index >= 15 is 0 Å². The zero-order chi connectivity index (χ0) is 18.1. The van der Waals surface area contributed by atoms with Crippen LogP contribution in [0.2, 0.25) is 0 Å². The summed E-state index contributed by atoms with van der Waals surface area (Å²) in [7, 11) is 0. The van der Waals surface area contributed by atoms with Gasteiger partial charge in [-0.05, 0) is 43.2 Å². The Morgan fingerprint density at radius 3 is 2.58 bits per heavy atom. The predicted octanol–water partition coefficient (Wildman–Crippen LogP) is 3.26. The topological polar surface area (TPSA) is 69.0 Å². The van der Waals surface area contributed by atoms with Gasteiger partial charge in [-0.15, -0.1) is 0 Å². The van der Waals surface area contributed by atoms with E-state index in [0.717, 1.165) is 43.4 Å². The van der Waals surface area contributed by atoms with E-state index in [2.05, 4.69) is 34.2 Å². The van der Waals surface area contributed by atoms with Gasteiger partial charge in [0.05, 0.1) is 16.5 Å². The van der Waals surface area contributed by atoms with Crippen molar-refractivity contribution >= 4 is 16.8 Å². The number of fused-ring (bicyclic) bond motifs is 1. The minimum atomic E-state index is -0.214. The molecule has 1 aliphatic rings. The molecule has 2 aromatic heterocycles. The molecule has 0 aliphatic carbocycles. The molecule has 0 bridgehead atoms. The molecule has 3 aromatic rings. The van der Waals surface area contributed by atoms with Gasteiger partial charge in [0.15, 0.2) is 0 Å². The Hall–Kier alpha value is -2.82. The molecule has 0 atom stereocenters. The number of hydrogen-bond acceptors (Lipinski definition) is 2. The number of hydrogen-bond donors (Lipinski definition) is 2. The van der Waals surface area contributed by atoms with Crippen LogP contribution in [0, 0.1) is 12.8 Å². The summed E-state index contributed by atoms with van der Waals surface area (Å²) in [5.41, 5.74) is 3.30. The molecule has 0 spiro atoms. The molecule has 1 fully saturated rings. The van der Waals surface area contributed by atoms with Crippen LogP contribution in [0.15, 0.2) is 47.5 Å². The second kappa shape index (κ2) is 6.83. The van der Waals surface area contributed by atoms with E-state index in [1.54, 1.807) is 12.4 Å². The maximum absolute atomic E-state index is 13.0. The van der Waals surface area contributed by atoms with Crippen LogP contribution in [0.25, 0.3) is 10.9 Å². The number of aryl methyl sites for hydroxylation is 1. The van der Waals surface area contributed by atoms with Crippen LogP contribution in [0.5, 0.6) is 0 Å². The Bertz CT molecular complexity index is 979. The smallest absolute Gasteiger partial charge is 0.258 e. The zero-order valence-electron chi connectivity index (χ0n) is 14.9. The van der Waals surface area contributed by atoms with Crippen molar-refractivity contribution in [3.63, 3.8) is 0 Å². The molecule has 0 saturated carbocycles. The third-order valence-electron chi connectivity index (χ3n) is 5.42. The summed E-state index contributed by atoms with van der Waals surface area (Å²) < 4.78 is 0. The Kier molecular flexibility index (Phi) is 4.37. The van der Waals surface area contributed by atoms with E-state index in [1.807, 2.05) is 17.9 Å². The molecule has 1 saturated heterocycles. The molecule has 5 heteroatoms. The van der Waals surface area contributed by atoms with Crippen LogP contribution < -0.4 is 5.56 Å². The van der Waals surface area contributed by atoms with Crippen LogP contribution in [-0.4, -0.2) is 33.9 Å². The summed E-state index contributed by atoms with van der Waals surface area (Å²) in [5.74, 6) is 0.556. The summed E-state index contributed by atoms with van der Waals surface area (Å²) in [4.78, 5) is 32.9. The summed E-state index contributed by atoms with van der Waals surface area (Å²) in [5, 5.41) is 0.474. The van der Waals surface area contributed by atoms with Gasteiger partial charge in [0.1, 0.15) is 0 Å². The van der Waals surface area contributed by atoms with Crippen molar-refractivity contribution in [1.29, 1.82) is 0 Å². The lowest BCUT2D eigenvalue weighted by molar-refractivity contribution is 0.0692. The number of aromatic nitrogens is 2. The standard InChI is InChI=1S/C21H23N3O2/c1-14-12-23-20(25)18-17(13-22-19(14)18)21(26)24-9-7-16(8-10-24)11-15-5-3-2-4-6-15/h2-6,12-13,16,22H,7-11H2,1H3,(H,23,25). The van der Waals surface area contributed by atoms with E-state index in [-0.39, 0.29) is 11.5 Å². The van der Waals surface area contributed by atoms with Gasteiger partial charge >= 0.3 is 0 Å². The SMILES string of the molecule is Cc1c[nH]c(=O)c2c(C(=O)N3CCC(Cc4ccccc4)CC3)c[nH]c12. The van der Waals surface area contributed by atoms with Crippen molar-refractivity contribution in [2.45, 2.75) is 26.2 Å². The van der Waals surface area contributed by atoms with Crippen LogP contribution in [0.1, 0.15) is 34.3 Å². The molecule has 1 aliphatic heterocycles. The maximum atomic E-state index is 13.0. The van der Waals surface area contributed by atoms with Gasteiger partial charge < -0.3 is 14.9 Å². The van der Waals surface area contributed by atoms with Crippen LogP contribution in [0.3, 0.4) is 0 Å². The fourth-order valence-corrected chi connectivity index (χ4v) is 3.91. The zero-order valence-corrected chi connectivity index (χ0v) is 14.9. The summed E-state index contributed by atoms with van der Waals surface area (Å²) in [6.45, 7) is 3.40. The van der Waals surface area contributed by atoms with E-state index in [4.69, 9.17) is 0 Å². The van der Waals surface area contributed by atoms with Crippen molar-refractivity contribution in [1.82, 2.24) is 14.9 Å². The van der Waals surface area contributed by atoms with Crippen LogP contribution >= 0.6 is 0 Å². The van der Waals surface area contributed by atoms with Crippen molar-refractivity contribution < 1.29 is 4.79 Å². The highest BCUT2D eigenvalue weighted by molar-refractivity contribution is 6.06. The van der Waals surface area contributed by atoms with E-state index in [9.17, 15) is 9.59 Å².